The minimum absolute atomic E-state index is 0.229. The fraction of sp³-hybridized carbons (Fsp3) is 0.471. The Morgan fingerprint density at radius 1 is 1.10 bits per heavy atom. The van der Waals surface area contributed by atoms with Gasteiger partial charge in [-0.3, -0.25) is 0 Å². The van der Waals surface area contributed by atoms with E-state index < -0.39 is 0 Å². The first-order valence-corrected chi connectivity index (χ1v) is 8.23. The van der Waals surface area contributed by atoms with E-state index in [1.165, 1.54) is 25.7 Å². The number of rotatable bonds is 9. The molecule has 0 aliphatic carbocycles. The number of carbonyl (C=O) groups is 1. The highest BCUT2D eigenvalue weighted by molar-refractivity contribution is 9.11. The molecule has 0 saturated carbocycles. The zero-order valence-electron chi connectivity index (χ0n) is 12.1. The van der Waals surface area contributed by atoms with E-state index in [-0.39, 0.29) is 5.97 Å². The van der Waals surface area contributed by atoms with E-state index in [4.69, 9.17) is 4.74 Å². The Morgan fingerprint density at radius 2 is 1.75 bits per heavy atom. The van der Waals surface area contributed by atoms with E-state index >= 15 is 0 Å². The first-order chi connectivity index (χ1) is 9.77. The molecule has 0 heterocycles. The molecular weight excluding hydrogens is 316 g/mol. The number of unbranched alkanes of at least 4 members (excludes halogenated alkanes) is 5. The molecular formula is C17H23BrO2. The maximum absolute atomic E-state index is 11.8. The molecule has 0 atom stereocenters. The Kier molecular flexibility index (Phi) is 9.05. The van der Waals surface area contributed by atoms with Crippen molar-refractivity contribution in [2.75, 3.05) is 6.61 Å². The third-order valence-corrected chi connectivity index (χ3v) is 3.40. The topological polar surface area (TPSA) is 26.3 Å². The van der Waals surface area contributed by atoms with Gasteiger partial charge in [-0.1, -0.05) is 67.1 Å². The van der Waals surface area contributed by atoms with Crippen molar-refractivity contribution in [2.45, 2.75) is 45.4 Å². The molecule has 1 rings (SSSR count). The maximum atomic E-state index is 11.8. The molecule has 0 aliphatic rings. The van der Waals surface area contributed by atoms with E-state index in [9.17, 15) is 4.79 Å². The molecule has 0 radical (unpaired) electrons. The fourth-order valence-corrected chi connectivity index (χ4v) is 2.24. The number of carbonyl (C=O) groups excluding carboxylic acids is 1. The van der Waals surface area contributed by atoms with Crippen LogP contribution in [-0.2, 0) is 4.74 Å². The summed E-state index contributed by atoms with van der Waals surface area (Å²) >= 11 is 3.23. The van der Waals surface area contributed by atoms with Gasteiger partial charge in [0.05, 0.1) is 12.2 Å². The van der Waals surface area contributed by atoms with Gasteiger partial charge in [0, 0.05) is 0 Å². The molecule has 3 heteroatoms. The monoisotopic (exact) mass is 338 g/mol. The molecule has 1 aromatic carbocycles. The second kappa shape index (κ2) is 10.7. The smallest absolute Gasteiger partial charge is 0.338 e. The summed E-state index contributed by atoms with van der Waals surface area (Å²) in [6.45, 7) is 2.73. The van der Waals surface area contributed by atoms with Crippen LogP contribution in [0.15, 0.2) is 29.3 Å². The van der Waals surface area contributed by atoms with Crippen LogP contribution < -0.4 is 0 Å². The lowest BCUT2D eigenvalue weighted by Crippen LogP contribution is -2.06. The minimum atomic E-state index is -0.229. The summed E-state index contributed by atoms with van der Waals surface area (Å²) < 4.78 is 5.27. The molecule has 1 aromatic rings. The molecule has 0 aromatic heterocycles. The summed E-state index contributed by atoms with van der Waals surface area (Å²) in [4.78, 5) is 13.6. The van der Waals surface area contributed by atoms with Gasteiger partial charge in [-0.25, -0.2) is 4.79 Å². The molecule has 0 saturated heterocycles. The highest BCUT2D eigenvalue weighted by atomic mass is 79.9. The van der Waals surface area contributed by atoms with E-state index in [1.54, 1.807) is 17.1 Å². The summed E-state index contributed by atoms with van der Waals surface area (Å²) in [6.07, 6.45) is 9.10. The first-order valence-electron chi connectivity index (χ1n) is 7.32. The highest BCUT2D eigenvalue weighted by Gasteiger charge is 2.05. The lowest BCUT2D eigenvalue weighted by molar-refractivity contribution is 0.0497. The summed E-state index contributed by atoms with van der Waals surface area (Å²) in [6, 6.07) is 7.40. The van der Waals surface area contributed by atoms with E-state index in [0.717, 1.165) is 18.4 Å². The zero-order chi connectivity index (χ0) is 14.6. The summed E-state index contributed by atoms with van der Waals surface area (Å²) in [7, 11) is 0. The first kappa shape index (κ1) is 17.0. The Hall–Kier alpha value is -1.09. The molecule has 20 heavy (non-hydrogen) atoms. The van der Waals surface area contributed by atoms with Crippen LogP contribution >= 0.6 is 15.9 Å². The van der Waals surface area contributed by atoms with Crippen LogP contribution in [0, 0.1) is 0 Å². The van der Waals surface area contributed by atoms with Crippen molar-refractivity contribution in [2.24, 2.45) is 0 Å². The standard InChI is InChI=1S/C17H23BrO2/c1-2-3-4-5-6-7-14-20-17(19)16-10-8-15(9-11-16)12-13-18/h8-13H,2-7,14H2,1H3/b13-12+. The van der Waals surface area contributed by atoms with Crippen molar-refractivity contribution >= 4 is 28.0 Å². The van der Waals surface area contributed by atoms with Gasteiger partial charge in [-0.2, -0.15) is 0 Å². The van der Waals surface area contributed by atoms with E-state index in [1.807, 2.05) is 18.2 Å². The van der Waals surface area contributed by atoms with Gasteiger partial charge in [0.25, 0.3) is 0 Å². The Labute approximate surface area is 130 Å². The lowest BCUT2D eigenvalue weighted by atomic mass is 10.1. The van der Waals surface area contributed by atoms with Gasteiger partial charge in [-0.05, 0) is 35.2 Å². The zero-order valence-corrected chi connectivity index (χ0v) is 13.7. The molecule has 0 unspecified atom stereocenters. The maximum Gasteiger partial charge on any atom is 0.338 e. The summed E-state index contributed by atoms with van der Waals surface area (Å²) in [5.74, 6) is -0.229. The third-order valence-electron chi connectivity index (χ3n) is 3.13. The molecule has 0 aliphatic heterocycles. The van der Waals surface area contributed by atoms with Crippen LogP contribution in [0.4, 0.5) is 0 Å². The Bertz CT molecular complexity index is 410. The van der Waals surface area contributed by atoms with Crippen LogP contribution in [0.25, 0.3) is 6.08 Å². The van der Waals surface area contributed by atoms with Crippen molar-refractivity contribution < 1.29 is 9.53 Å². The van der Waals surface area contributed by atoms with Gasteiger partial charge < -0.3 is 4.74 Å². The van der Waals surface area contributed by atoms with Crippen LogP contribution in [0.3, 0.4) is 0 Å². The highest BCUT2D eigenvalue weighted by Crippen LogP contribution is 2.09. The predicted octanol–water partition coefficient (Wildman–Crippen LogP) is 5.57. The average Bonchev–Trinajstić information content (AvgIpc) is 2.47. The van der Waals surface area contributed by atoms with Crippen LogP contribution in [-0.4, -0.2) is 12.6 Å². The van der Waals surface area contributed by atoms with Crippen molar-refractivity contribution in [1.29, 1.82) is 0 Å². The third kappa shape index (κ3) is 6.90. The van der Waals surface area contributed by atoms with Gasteiger partial charge in [-0.15, -0.1) is 0 Å². The molecule has 110 valence electrons. The molecule has 0 bridgehead atoms. The molecule has 0 N–H and O–H groups in total. The van der Waals surface area contributed by atoms with Crippen LogP contribution in [0.1, 0.15) is 61.4 Å². The number of halogens is 1. The van der Waals surface area contributed by atoms with Crippen molar-refractivity contribution in [3.63, 3.8) is 0 Å². The van der Waals surface area contributed by atoms with Gasteiger partial charge in [0.15, 0.2) is 0 Å². The average molecular weight is 339 g/mol. The molecule has 0 amide bonds. The largest absolute Gasteiger partial charge is 0.462 e. The molecule has 0 spiro atoms. The fourth-order valence-electron chi connectivity index (χ4n) is 1.93. The van der Waals surface area contributed by atoms with Crippen molar-refractivity contribution in [3.8, 4) is 0 Å². The number of benzene rings is 1. The number of hydrogen-bond donors (Lipinski definition) is 0. The molecule has 2 nitrogen and oxygen atoms in total. The number of ether oxygens (including phenoxy) is 1. The quantitative estimate of drug-likeness (QED) is 0.434. The summed E-state index contributed by atoms with van der Waals surface area (Å²) in [5, 5.41) is 0. The van der Waals surface area contributed by atoms with Crippen molar-refractivity contribution in [1.82, 2.24) is 0 Å². The second-order valence-corrected chi connectivity index (χ2v) is 5.35. The Morgan fingerprint density at radius 3 is 2.40 bits per heavy atom. The SMILES string of the molecule is CCCCCCCCOC(=O)c1ccc(/C=C/Br)cc1. The predicted molar refractivity (Wildman–Crippen MR) is 88.1 cm³/mol. The normalized spacial score (nSPS) is 10.9. The Balaban J connectivity index is 2.22. The number of esters is 1. The lowest BCUT2D eigenvalue weighted by Gasteiger charge is -2.05. The van der Waals surface area contributed by atoms with Gasteiger partial charge >= 0.3 is 5.97 Å². The van der Waals surface area contributed by atoms with Gasteiger partial charge in [0.2, 0.25) is 0 Å². The minimum Gasteiger partial charge on any atom is -0.462 e. The van der Waals surface area contributed by atoms with Crippen LogP contribution in [0.5, 0.6) is 0 Å². The second-order valence-electron chi connectivity index (χ2n) is 4.82. The number of hydrogen-bond acceptors (Lipinski definition) is 2. The van der Waals surface area contributed by atoms with E-state index in [0.29, 0.717) is 12.2 Å². The van der Waals surface area contributed by atoms with E-state index in [2.05, 4.69) is 22.9 Å². The van der Waals surface area contributed by atoms with Crippen molar-refractivity contribution in [3.05, 3.63) is 40.4 Å². The van der Waals surface area contributed by atoms with Gasteiger partial charge in [0.1, 0.15) is 0 Å². The van der Waals surface area contributed by atoms with Crippen LogP contribution in [0.2, 0.25) is 0 Å². The molecule has 0 fully saturated rings. The summed E-state index contributed by atoms with van der Waals surface area (Å²) in [5.41, 5.74) is 1.66.